The summed E-state index contributed by atoms with van der Waals surface area (Å²) < 4.78 is 0. The number of carbonyl (C=O) groups is 1. The zero-order valence-corrected chi connectivity index (χ0v) is 11.2. The minimum atomic E-state index is 0.0284. The fraction of sp³-hybridized carbons (Fsp3) is 0.500. The summed E-state index contributed by atoms with van der Waals surface area (Å²) in [7, 11) is 3.47. The van der Waals surface area contributed by atoms with Gasteiger partial charge in [-0.3, -0.25) is 4.79 Å². The average molecular weight is 251 g/mol. The molecule has 100 valence electrons. The molecule has 1 heterocycles. The lowest BCUT2D eigenvalue weighted by Gasteiger charge is -2.24. The van der Waals surface area contributed by atoms with Gasteiger partial charge in [-0.05, 0) is 18.6 Å². The molecule has 0 atom stereocenters. The van der Waals surface area contributed by atoms with Crippen LogP contribution in [0.15, 0.2) is 12.1 Å². The predicted molar refractivity (Wildman–Crippen MR) is 74.3 cm³/mol. The van der Waals surface area contributed by atoms with Crippen molar-refractivity contribution in [2.24, 2.45) is 0 Å². The van der Waals surface area contributed by atoms with Crippen molar-refractivity contribution in [1.82, 2.24) is 9.88 Å². The molecule has 0 spiro atoms. The Bertz CT molecular complexity index is 419. The fourth-order valence-corrected chi connectivity index (χ4v) is 1.50. The summed E-state index contributed by atoms with van der Waals surface area (Å²) in [5, 5.41) is 0. The molecule has 1 aromatic rings. The Morgan fingerprint density at radius 2 is 2.00 bits per heavy atom. The lowest BCUT2D eigenvalue weighted by molar-refractivity contribution is -0.127. The van der Waals surface area contributed by atoms with Gasteiger partial charge in [-0.15, -0.1) is 0 Å². The number of carbonyl (C=O) groups excluding carboxylic acids is 1. The first-order chi connectivity index (χ1) is 8.45. The van der Waals surface area contributed by atoms with Gasteiger partial charge in [-0.1, -0.05) is 6.92 Å². The Morgan fingerprint density at radius 3 is 2.50 bits per heavy atom. The van der Waals surface area contributed by atoms with Crippen molar-refractivity contribution < 1.29 is 4.79 Å². The highest BCUT2D eigenvalue weighted by Gasteiger charge is 2.14. The maximum Gasteiger partial charge on any atom is 0.241 e. The summed E-state index contributed by atoms with van der Waals surface area (Å²) in [6, 6.07) is 3.49. The van der Waals surface area contributed by atoms with Gasteiger partial charge in [0.25, 0.3) is 0 Å². The Labute approximate surface area is 108 Å². The van der Waals surface area contributed by atoms with Crippen molar-refractivity contribution in [3.63, 3.8) is 0 Å². The first-order valence-electron chi connectivity index (χ1n) is 5.92. The Kier molecular flexibility index (Phi) is 4.76. The molecule has 1 rings (SSSR count). The standard InChI is InChI=1S/C12H21N5O/c1-4-7-17(8-11(18)16(2)3)10-6-5-9(13)12(14)15-10/h5-6H,4,7-8,13H2,1-3H3,(H2,14,15). The molecule has 18 heavy (non-hydrogen) atoms. The molecule has 6 nitrogen and oxygen atoms in total. The van der Waals surface area contributed by atoms with E-state index in [0.717, 1.165) is 13.0 Å². The van der Waals surface area contributed by atoms with Gasteiger partial charge in [-0.2, -0.15) is 0 Å². The molecule has 0 unspecified atom stereocenters. The van der Waals surface area contributed by atoms with Gasteiger partial charge < -0.3 is 21.3 Å². The Hall–Kier alpha value is -1.98. The molecule has 0 saturated carbocycles. The number of anilines is 3. The minimum absolute atomic E-state index is 0.0284. The molecule has 0 aliphatic rings. The molecule has 0 aromatic carbocycles. The number of rotatable bonds is 5. The maximum atomic E-state index is 11.8. The van der Waals surface area contributed by atoms with E-state index in [-0.39, 0.29) is 12.5 Å². The van der Waals surface area contributed by atoms with Crippen molar-refractivity contribution in [3.05, 3.63) is 12.1 Å². The van der Waals surface area contributed by atoms with Crippen molar-refractivity contribution >= 4 is 23.2 Å². The smallest absolute Gasteiger partial charge is 0.241 e. The van der Waals surface area contributed by atoms with Gasteiger partial charge in [0.1, 0.15) is 11.6 Å². The van der Waals surface area contributed by atoms with E-state index in [1.54, 1.807) is 31.1 Å². The molecular formula is C12H21N5O. The van der Waals surface area contributed by atoms with Gasteiger partial charge in [0.15, 0.2) is 0 Å². The van der Waals surface area contributed by atoms with Crippen molar-refractivity contribution in [3.8, 4) is 0 Å². The molecule has 1 aromatic heterocycles. The quantitative estimate of drug-likeness (QED) is 0.798. The second kappa shape index (κ2) is 6.09. The first-order valence-corrected chi connectivity index (χ1v) is 5.92. The topological polar surface area (TPSA) is 88.5 Å². The second-order valence-corrected chi connectivity index (χ2v) is 4.35. The van der Waals surface area contributed by atoms with Crippen LogP contribution in [0.3, 0.4) is 0 Å². The van der Waals surface area contributed by atoms with E-state index in [9.17, 15) is 4.79 Å². The number of nitrogens with two attached hydrogens (primary N) is 2. The van der Waals surface area contributed by atoms with E-state index in [4.69, 9.17) is 11.5 Å². The van der Waals surface area contributed by atoms with Crippen LogP contribution < -0.4 is 16.4 Å². The monoisotopic (exact) mass is 251 g/mol. The number of amides is 1. The van der Waals surface area contributed by atoms with Gasteiger partial charge in [-0.25, -0.2) is 4.98 Å². The summed E-state index contributed by atoms with van der Waals surface area (Å²) >= 11 is 0. The van der Waals surface area contributed by atoms with Crippen LogP contribution in [0.4, 0.5) is 17.3 Å². The van der Waals surface area contributed by atoms with E-state index >= 15 is 0 Å². The average Bonchev–Trinajstić information content (AvgIpc) is 2.32. The zero-order valence-electron chi connectivity index (χ0n) is 11.2. The second-order valence-electron chi connectivity index (χ2n) is 4.35. The molecule has 0 aliphatic heterocycles. The highest BCUT2D eigenvalue weighted by molar-refractivity contribution is 5.81. The molecule has 0 aliphatic carbocycles. The molecular weight excluding hydrogens is 230 g/mol. The number of nitrogen functional groups attached to an aromatic ring is 2. The number of nitrogens with zero attached hydrogens (tertiary/aromatic N) is 3. The number of hydrogen-bond donors (Lipinski definition) is 2. The molecule has 1 amide bonds. The van der Waals surface area contributed by atoms with Gasteiger partial charge >= 0.3 is 0 Å². The van der Waals surface area contributed by atoms with Crippen LogP contribution in [0.25, 0.3) is 0 Å². The third-order valence-corrected chi connectivity index (χ3v) is 2.59. The third kappa shape index (κ3) is 3.51. The fourth-order valence-electron chi connectivity index (χ4n) is 1.50. The van der Waals surface area contributed by atoms with Crippen LogP contribution in [-0.2, 0) is 4.79 Å². The first kappa shape index (κ1) is 14.1. The summed E-state index contributed by atoms with van der Waals surface area (Å²) in [6.45, 7) is 3.08. The van der Waals surface area contributed by atoms with E-state index in [2.05, 4.69) is 4.98 Å². The van der Waals surface area contributed by atoms with Crippen LogP contribution in [0, 0.1) is 0 Å². The normalized spacial score (nSPS) is 10.2. The molecule has 4 N–H and O–H groups in total. The number of pyridine rings is 1. The van der Waals surface area contributed by atoms with E-state index in [1.807, 2.05) is 11.8 Å². The SMILES string of the molecule is CCCN(CC(=O)N(C)C)c1ccc(N)c(N)n1. The lowest BCUT2D eigenvalue weighted by Crippen LogP contribution is -2.37. The minimum Gasteiger partial charge on any atom is -0.396 e. The highest BCUT2D eigenvalue weighted by Crippen LogP contribution is 2.18. The molecule has 0 saturated heterocycles. The van der Waals surface area contributed by atoms with Gasteiger partial charge in [0, 0.05) is 20.6 Å². The molecule has 0 bridgehead atoms. The highest BCUT2D eigenvalue weighted by atomic mass is 16.2. The number of likely N-dealkylation sites (N-methyl/N-ethyl adjacent to an activating group) is 1. The number of aromatic nitrogens is 1. The molecule has 0 fully saturated rings. The van der Waals surface area contributed by atoms with Crippen molar-refractivity contribution in [2.75, 3.05) is 43.6 Å². The number of hydrogen-bond acceptors (Lipinski definition) is 5. The zero-order chi connectivity index (χ0) is 13.7. The van der Waals surface area contributed by atoms with Gasteiger partial charge in [0.05, 0.1) is 12.2 Å². The predicted octanol–water partition coefficient (Wildman–Crippen LogP) is 0.551. The molecule has 0 radical (unpaired) electrons. The van der Waals surface area contributed by atoms with Gasteiger partial charge in [0.2, 0.25) is 5.91 Å². The summed E-state index contributed by atoms with van der Waals surface area (Å²) in [4.78, 5) is 19.4. The van der Waals surface area contributed by atoms with E-state index in [1.165, 1.54) is 0 Å². The lowest BCUT2D eigenvalue weighted by atomic mass is 10.3. The van der Waals surface area contributed by atoms with Crippen molar-refractivity contribution in [2.45, 2.75) is 13.3 Å². The van der Waals surface area contributed by atoms with E-state index < -0.39 is 0 Å². The third-order valence-electron chi connectivity index (χ3n) is 2.59. The summed E-state index contributed by atoms with van der Waals surface area (Å²) in [5.74, 6) is 1.00. The van der Waals surface area contributed by atoms with E-state index in [0.29, 0.717) is 17.3 Å². The van der Waals surface area contributed by atoms with Crippen LogP contribution in [0.5, 0.6) is 0 Å². The summed E-state index contributed by atoms with van der Waals surface area (Å²) in [6.07, 6.45) is 0.923. The largest absolute Gasteiger partial charge is 0.396 e. The Balaban J connectivity index is 2.89. The van der Waals surface area contributed by atoms with Crippen molar-refractivity contribution in [1.29, 1.82) is 0 Å². The van der Waals surface area contributed by atoms with Crippen LogP contribution >= 0.6 is 0 Å². The Morgan fingerprint density at radius 1 is 1.33 bits per heavy atom. The van der Waals surface area contributed by atoms with Crippen LogP contribution in [0.2, 0.25) is 0 Å². The molecule has 6 heteroatoms. The maximum absolute atomic E-state index is 11.8. The van der Waals surface area contributed by atoms with Crippen LogP contribution in [0.1, 0.15) is 13.3 Å². The van der Waals surface area contributed by atoms with Crippen LogP contribution in [-0.4, -0.2) is 43.0 Å². The summed E-state index contributed by atoms with van der Waals surface area (Å²) in [5.41, 5.74) is 11.8.